The third kappa shape index (κ3) is 5.90. The second-order valence-electron chi connectivity index (χ2n) is 5.31. The van der Waals surface area contributed by atoms with Crippen LogP contribution >= 0.6 is 0 Å². The van der Waals surface area contributed by atoms with E-state index in [0.29, 0.717) is 19.6 Å². The van der Waals surface area contributed by atoms with E-state index in [1.54, 1.807) is 17.3 Å². The summed E-state index contributed by atoms with van der Waals surface area (Å²) in [5.41, 5.74) is 2.06. The van der Waals surface area contributed by atoms with Crippen molar-refractivity contribution >= 4 is 11.8 Å². The molecular formula is C18H21N3O2. The Balaban J connectivity index is 1.79. The van der Waals surface area contributed by atoms with E-state index in [9.17, 15) is 9.59 Å². The molecule has 0 bridgehead atoms. The van der Waals surface area contributed by atoms with Crippen LogP contribution in [0.2, 0.25) is 0 Å². The van der Waals surface area contributed by atoms with Gasteiger partial charge in [-0.2, -0.15) is 0 Å². The minimum atomic E-state index is -0.0684. The second-order valence-corrected chi connectivity index (χ2v) is 5.31. The molecule has 0 saturated heterocycles. The lowest BCUT2D eigenvalue weighted by atomic mass is 10.2. The van der Waals surface area contributed by atoms with Crippen LogP contribution in [0.1, 0.15) is 24.5 Å². The number of hydrogen-bond acceptors (Lipinski definition) is 3. The van der Waals surface area contributed by atoms with Crippen LogP contribution in [0.5, 0.6) is 0 Å². The fourth-order valence-electron chi connectivity index (χ4n) is 2.18. The summed E-state index contributed by atoms with van der Waals surface area (Å²) in [4.78, 5) is 29.3. The largest absolute Gasteiger partial charge is 0.352 e. The lowest BCUT2D eigenvalue weighted by Crippen LogP contribution is -2.33. The number of rotatable bonds is 7. The normalized spacial score (nSPS) is 10.1. The van der Waals surface area contributed by atoms with Gasteiger partial charge in [0, 0.05) is 45.4 Å². The number of amides is 2. The molecule has 1 aromatic carbocycles. The number of nitrogens with one attached hydrogen (secondary N) is 1. The smallest absolute Gasteiger partial charge is 0.222 e. The highest BCUT2D eigenvalue weighted by Gasteiger charge is 2.11. The minimum Gasteiger partial charge on any atom is -0.352 e. The van der Waals surface area contributed by atoms with Gasteiger partial charge in [-0.1, -0.05) is 30.3 Å². The fraction of sp³-hybridized carbons (Fsp3) is 0.278. The van der Waals surface area contributed by atoms with Gasteiger partial charge in [-0.15, -0.1) is 0 Å². The van der Waals surface area contributed by atoms with Gasteiger partial charge in [0.05, 0.1) is 0 Å². The van der Waals surface area contributed by atoms with Crippen LogP contribution in [0.4, 0.5) is 0 Å². The van der Waals surface area contributed by atoms with Crippen LogP contribution in [-0.4, -0.2) is 28.2 Å². The van der Waals surface area contributed by atoms with Crippen molar-refractivity contribution in [2.45, 2.75) is 26.4 Å². The molecule has 5 heteroatoms. The third-order valence-electron chi connectivity index (χ3n) is 3.51. The van der Waals surface area contributed by atoms with Crippen molar-refractivity contribution in [3.05, 3.63) is 66.0 Å². The van der Waals surface area contributed by atoms with Crippen LogP contribution in [0, 0.1) is 0 Å². The number of benzene rings is 1. The summed E-state index contributed by atoms with van der Waals surface area (Å²) in [5, 5.41) is 2.85. The van der Waals surface area contributed by atoms with Crippen molar-refractivity contribution in [3.8, 4) is 0 Å². The fourth-order valence-corrected chi connectivity index (χ4v) is 2.18. The highest BCUT2D eigenvalue weighted by atomic mass is 16.2. The highest BCUT2D eigenvalue weighted by molar-refractivity contribution is 5.78. The Bertz CT molecular complexity index is 629. The van der Waals surface area contributed by atoms with Crippen LogP contribution in [0.3, 0.4) is 0 Å². The van der Waals surface area contributed by atoms with Gasteiger partial charge in [0.1, 0.15) is 0 Å². The molecule has 1 aromatic heterocycles. The van der Waals surface area contributed by atoms with Crippen molar-refractivity contribution in [1.29, 1.82) is 0 Å². The average Bonchev–Trinajstić information content (AvgIpc) is 2.58. The third-order valence-corrected chi connectivity index (χ3v) is 3.51. The van der Waals surface area contributed by atoms with Crippen LogP contribution < -0.4 is 5.32 Å². The first-order chi connectivity index (χ1) is 11.1. The summed E-state index contributed by atoms with van der Waals surface area (Å²) >= 11 is 0. The molecule has 0 unspecified atom stereocenters. The van der Waals surface area contributed by atoms with Gasteiger partial charge in [-0.05, 0) is 23.3 Å². The standard InChI is InChI=1S/C18H21N3O2/c1-15(22)21(14-17-5-3-2-4-6-17)12-9-18(23)20-13-16-7-10-19-11-8-16/h2-8,10-11H,9,12-14H2,1H3,(H,20,23). The minimum absolute atomic E-state index is 0.0317. The van der Waals surface area contributed by atoms with E-state index in [0.717, 1.165) is 11.1 Å². The van der Waals surface area contributed by atoms with Crippen molar-refractivity contribution < 1.29 is 9.59 Å². The van der Waals surface area contributed by atoms with Gasteiger partial charge in [0.25, 0.3) is 0 Å². The van der Waals surface area contributed by atoms with E-state index in [4.69, 9.17) is 0 Å². The number of carbonyl (C=O) groups is 2. The summed E-state index contributed by atoms with van der Waals surface area (Å²) in [6.07, 6.45) is 3.68. The maximum Gasteiger partial charge on any atom is 0.222 e. The van der Waals surface area contributed by atoms with Gasteiger partial charge in [-0.25, -0.2) is 0 Å². The summed E-state index contributed by atoms with van der Waals surface area (Å²) in [6.45, 7) is 2.93. The summed E-state index contributed by atoms with van der Waals surface area (Å²) in [6, 6.07) is 13.5. The van der Waals surface area contributed by atoms with Crippen molar-refractivity contribution in [2.24, 2.45) is 0 Å². The molecule has 23 heavy (non-hydrogen) atoms. The van der Waals surface area contributed by atoms with E-state index in [1.165, 1.54) is 6.92 Å². The molecule has 0 saturated carbocycles. The Morgan fingerprint density at radius 3 is 2.39 bits per heavy atom. The quantitative estimate of drug-likeness (QED) is 0.852. The molecule has 2 aromatic rings. The summed E-state index contributed by atoms with van der Waals surface area (Å²) in [5.74, 6) is -0.100. The number of pyridine rings is 1. The average molecular weight is 311 g/mol. The Morgan fingerprint density at radius 2 is 1.74 bits per heavy atom. The Hall–Kier alpha value is -2.69. The van der Waals surface area contributed by atoms with E-state index in [1.807, 2.05) is 42.5 Å². The lowest BCUT2D eigenvalue weighted by Gasteiger charge is -2.21. The Labute approximate surface area is 136 Å². The number of aromatic nitrogens is 1. The van der Waals surface area contributed by atoms with Gasteiger partial charge < -0.3 is 10.2 Å². The maximum absolute atomic E-state index is 11.9. The first kappa shape index (κ1) is 16.7. The molecule has 0 atom stereocenters. The lowest BCUT2D eigenvalue weighted by molar-refractivity contribution is -0.130. The molecular weight excluding hydrogens is 290 g/mol. The topological polar surface area (TPSA) is 62.3 Å². The summed E-state index contributed by atoms with van der Waals surface area (Å²) < 4.78 is 0. The number of carbonyl (C=O) groups excluding carboxylic acids is 2. The molecule has 120 valence electrons. The number of hydrogen-bond donors (Lipinski definition) is 1. The monoisotopic (exact) mass is 311 g/mol. The van der Waals surface area contributed by atoms with Crippen molar-refractivity contribution in [3.63, 3.8) is 0 Å². The first-order valence-corrected chi connectivity index (χ1v) is 7.60. The molecule has 5 nitrogen and oxygen atoms in total. The Morgan fingerprint density at radius 1 is 1.04 bits per heavy atom. The number of nitrogens with zero attached hydrogens (tertiary/aromatic N) is 2. The van der Waals surface area contributed by atoms with Gasteiger partial charge >= 0.3 is 0 Å². The Kier molecular flexibility index (Phi) is 6.29. The van der Waals surface area contributed by atoms with Crippen molar-refractivity contribution in [2.75, 3.05) is 6.54 Å². The molecule has 0 spiro atoms. The maximum atomic E-state index is 11.9. The SMILES string of the molecule is CC(=O)N(CCC(=O)NCc1ccncc1)Cc1ccccc1. The molecule has 1 N–H and O–H groups in total. The van der Waals surface area contributed by atoms with Gasteiger partial charge in [0.15, 0.2) is 0 Å². The molecule has 0 fully saturated rings. The van der Waals surface area contributed by atoms with Gasteiger partial charge in [-0.3, -0.25) is 14.6 Å². The van der Waals surface area contributed by atoms with Crippen molar-refractivity contribution in [1.82, 2.24) is 15.2 Å². The molecule has 1 heterocycles. The highest BCUT2D eigenvalue weighted by Crippen LogP contribution is 2.05. The zero-order chi connectivity index (χ0) is 16.5. The molecule has 0 aliphatic carbocycles. The zero-order valence-electron chi connectivity index (χ0n) is 13.2. The molecule has 0 aliphatic rings. The van der Waals surface area contributed by atoms with E-state index < -0.39 is 0 Å². The van der Waals surface area contributed by atoms with Crippen LogP contribution in [0.25, 0.3) is 0 Å². The zero-order valence-corrected chi connectivity index (χ0v) is 13.2. The van der Waals surface area contributed by atoms with E-state index >= 15 is 0 Å². The molecule has 2 amide bonds. The second kappa shape index (κ2) is 8.68. The van der Waals surface area contributed by atoms with E-state index in [2.05, 4.69) is 10.3 Å². The predicted octanol–water partition coefficient (Wildman–Crippen LogP) is 2.14. The predicted molar refractivity (Wildman–Crippen MR) is 88.2 cm³/mol. The van der Waals surface area contributed by atoms with Gasteiger partial charge in [0.2, 0.25) is 11.8 Å². The summed E-state index contributed by atoms with van der Waals surface area (Å²) in [7, 11) is 0. The molecule has 2 rings (SSSR count). The van der Waals surface area contributed by atoms with Crippen LogP contribution in [0.15, 0.2) is 54.9 Å². The molecule has 0 radical (unpaired) electrons. The first-order valence-electron chi connectivity index (χ1n) is 7.60. The molecule has 0 aliphatic heterocycles. The van der Waals surface area contributed by atoms with E-state index in [-0.39, 0.29) is 18.2 Å². The van der Waals surface area contributed by atoms with Crippen LogP contribution in [-0.2, 0) is 22.7 Å².